The number of hydrogen-bond donors (Lipinski definition) is 1. The van der Waals surface area contributed by atoms with Crippen LogP contribution in [-0.4, -0.2) is 46.9 Å². The van der Waals surface area contributed by atoms with Crippen LogP contribution < -0.4 is 4.74 Å². The number of rotatable bonds is 17. The van der Waals surface area contributed by atoms with E-state index in [2.05, 4.69) is 10.2 Å². The molecule has 1 aliphatic rings. The van der Waals surface area contributed by atoms with E-state index in [1.54, 1.807) is 12.1 Å². The van der Waals surface area contributed by atoms with Crippen LogP contribution in [0.3, 0.4) is 0 Å². The standard InChI is InChI=1S/C47H45F3N2O7/c1-2-32-23-25-33(26-24-32)27-38-43(47(48,49)50)51-52-44(38)59-46-42(56-30-36-19-11-5-12-20-36)40(55-29-35-17-9-4-10-18-35)39(54-28-34-15-7-3-8-16-34)41(58-46)45(53)57-31-37-21-13-6-14-22-37/h3-26,39-42,46H,2,27-31H2,1H3,(H,51,52)/t39-,40-,41?,42+,46-/m0/s1. The van der Waals surface area contributed by atoms with E-state index in [1.807, 2.05) is 140 Å². The first kappa shape index (κ1) is 41.4. The quantitative estimate of drug-likeness (QED) is 0.0912. The fraction of sp³-hybridized carbons (Fsp3) is 0.277. The van der Waals surface area contributed by atoms with Gasteiger partial charge >= 0.3 is 12.1 Å². The SMILES string of the molecule is CCc1ccc(Cc2c(O[C@@H]3OC(C(=O)OCc4ccccc4)[C@@H](OCc4ccccc4)[C@H](OCc4ccccc4)[C@H]3OCc3ccccc3)n[nH]c2C(F)(F)F)cc1. The number of nitrogens with one attached hydrogen (secondary N) is 1. The number of aryl methyl sites for hydroxylation is 1. The second-order valence-electron chi connectivity index (χ2n) is 14.1. The number of halogens is 3. The Bertz CT molecular complexity index is 2190. The smallest absolute Gasteiger partial charge is 0.433 e. The van der Waals surface area contributed by atoms with Crippen molar-refractivity contribution >= 4 is 5.97 Å². The molecule has 0 amide bonds. The number of hydrogen-bond acceptors (Lipinski definition) is 8. The first-order valence-corrected chi connectivity index (χ1v) is 19.5. The third-order valence-electron chi connectivity index (χ3n) is 9.96. The summed E-state index contributed by atoms with van der Waals surface area (Å²) in [7, 11) is 0. The largest absolute Gasteiger partial charge is 0.459 e. The number of ether oxygens (including phenoxy) is 6. The zero-order chi connectivity index (χ0) is 41.0. The number of carbonyl (C=O) groups is 1. The van der Waals surface area contributed by atoms with Crippen LogP contribution in [0.1, 0.15) is 51.6 Å². The molecule has 12 heteroatoms. The molecule has 1 aromatic heterocycles. The van der Waals surface area contributed by atoms with Crippen LogP contribution >= 0.6 is 0 Å². The van der Waals surface area contributed by atoms with Crippen molar-refractivity contribution in [2.45, 2.75) is 83.1 Å². The van der Waals surface area contributed by atoms with Gasteiger partial charge in [-0.3, -0.25) is 5.10 Å². The third-order valence-corrected chi connectivity index (χ3v) is 9.96. The summed E-state index contributed by atoms with van der Waals surface area (Å²) in [6.07, 6.45) is -10.6. The van der Waals surface area contributed by atoms with Gasteiger partial charge in [0.25, 0.3) is 0 Å². The van der Waals surface area contributed by atoms with Gasteiger partial charge in [0.2, 0.25) is 12.2 Å². The predicted molar refractivity (Wildman–Crippen MR) is 213 cm³/mol. The molecule has 5 aromatic carbocycles. The van der Waals surface area contributed by atoms with Gasteiger partial charge in [0, 0.05) is 6.42 Å². The maximum Gasteiger partial charge on any atom is 0.433 e. The van der Waals surface area contributed by atoms with Crippen LogP contribution in [0.2, 0.25) is 0 Å². The number of aromatic amines is 1. The summed E-state index contributed by atoms with van der Waals surface area (Å²) in [6, 6.07) is 44.6. The Morgan fingerprint density at radius 2 is 1.07 bits per heavy atom. The maximum atomic E-state index is 14.6. The van der Waals surface area contributed by atoms with E-state index in [0.29, 0.717) is 5.56 Å². The van der Waals surface area contributed by atoms with Gasteiger partial charge in [-0.25, -0.2) is 4.79 Å². The van der Waals surface area contributed by atoms with Crippen molar-refractivity contribution in [2.75, 3.05) is 0 Å². The fourth-order valence-corrected chi connectivity index (χ4v) is 6.81. The Hall–Kier alpha value is -5.79. The van der Waals surface area contributed by atoms with Crippen molar-refractivity contribution in [1.29, 1.82) is 0 Å². The molecule has 0 saturated carbocycles. The molecule has 0 radical (unpaired) electrons. The number of nitrogens with zero attached hydrogens (tertiary/aromatic N) is 1. The zero-order valence-corrected chi connectivity index (χ0v) is 32.4. The van der Waals surface area contributed by atoms with Crippen LogP contribution in [0, 0.1) is 0 Å². The minimum atomic E-state index is -4.79. The molecule has 1 aliphatic heterocycles. The molecule has 0 spiro atoms. The summed E-state index contributed by atoms with van der Waals surface area (Å²) in [5, 5.41) is 6.18. The second kappa shape index (κ2) is 19.8. The molecule has 7 rings (SSSR count). The van der Waals surface area contributed by atoms with Gasteiger partial charge in [0.05, 0.1) is 25.4 Å². The van der Waals surface area contributed by atoms with Crippen LogP contribution in [0.25, 0.3) is 0 Å². The molecule has 5 atom stereocenters. The van der Waals surface area contributed by atoms with Gasteiger partial charge in [-0.15, -0.1) is 5.10 Å². The topological polar surface area (TPSA) is 101 Å². The molecular formula is C47H45F3N2O7. The van der Waals surface area contributed by atoms with E-state index in [1.165, 1.54) is 0 Å². The lowest BCUT2D eigenvalue weighted by Crippen LogP contribution is -2.63. The average Bonchev–Trinajstić information content (AvgIpc) is 3.67. The van der Waals surface area contributed by atoms with E-state index in [9.17, 15) is 18.0 Å². The van der Waals surface area contributed by atoms with E-state index < -0.39 is 48.5 Å². The molecule has 0 bridgehead atoms. The van der Waals surface area contributed by atoms with Crippen molar-refractivity contribution in [3.8, 4) is 5.88 Å². The second-order valence-corrected chi connectivity index (χ2v) is 14.1. The zero-order valence-electron chi connectivity index (χ0n) is 32.4. The summed E-state index contributed by atoms with van der Waals surface area (Å²) in [5.74, 6) is -1.15. The minimum Gasteiger partial charge on any atom is -0.459 e. The lowest BCUT2D eigenvalue weighted by molar-refractivity contribution is -0.302. The van der Waals surface area contributed by atoms with E-state index in [-0.39, 0.29) is 44.3 Å². The summed E-state index contributed by atoms with van der Waals surface area (Å²) in [4.78, 5) is 14.2. The van der Waals surface area contributed by atoms with Gasteiger partial charge < -0.3 is 28.4 Å². The third kappa shape index (κ3) is 11.0. The summed E-state index contributed by atoms with van der Waals surface area (Å²) in [6.45, 7) is 2.10. The van der Waals surface area contributed by atoms with Crippen molar-refractivity contribution in [3.05, 3.63) is 190 Å². The Balaban J connectivity index is 1.28. The highest BCUT2D eigenvalue weighted by Crippen LogP contribution is 2.38. The first-order valence-electron chi connectivity index (χ1n) is 19.5. The van der Waals surface area contributed by atoms with Gasteiger partial charge in [-0.1, -0.05) is 153 Å². The Kier molecular flexibility index (Phi) is 13.9. The van der Waals surface area contributed by atoms with Gasteiger partial charge in [0.1, 0.15) is 30.6 Å². The number of alkyl halides is 3. The molecule has 1 fully saturated rings. The van der Waals surface area contributed by atoms with Crippen molar-refractivity contribution < 1.29 is 46.4 Å². The molecule has 0 aliphatic carbocycles. The van der Waals surface area contributed by atoms with Crippen LogP contribution in [0.5, 0.6) is 5.88 Å². The summed E-state index contributed by atoms with van der Waals surface area (Å²) < 4.78 is 82.2. The molecular weight excluding hydrogens is 762 g/mol. The lowest BCUT2D eigenvalue weighted by Gasteiger charge is -2.44. The molecule has 1 unspecified atom stereocenters. The monoisotopic (exact) mass is 806 g/mol. The van der Waals surface area contributed by atoms with Gasteiger partial charge in [-0.05, 0) is 39.8 Å². The highest BCUT2D eigenvalue weighted by molar-refractivity contribution is 5.76. The predicted octanol–water partition coefficient (Wildman–Crippen LogP) is 9.19. The van der Waals surface area contributed by atoms with Crippen LogP contribution in [0.4, 0.5) is 13.2 Å². The minimum absolute atomic E-state index is 0.0411. The Morgan fingerprint density at radius 1 is 0.610 bits per heavy atom. The van der Waals surface area contributed by atoms with E-state index in [0.717, 1.165) is 34.2 Å². The van der Waals surface area contributed by atoms with E-state index in [4.69, 9.17) is 28.4 Å². The number of aromatic nitrogens is 2. The molecule has 2 heterocycles. The highest BCUT2D eigenvalue weighted by atomic mass is 19.4. The van der Waals surface area contributed by atoms with E-state index >= 15 is 0 Å². The van der Waals surface area contributed by atoms with Crippen molar-refractivity contribution in [2.24, 2.45) is 0 Å². The van der Waals surface area contributed by atoms with Crippen molar-refractivity contribution in [3.63, 3.8) is 0 Å². The maximum absolute atomic E-state index is 14.6. The normalized spacial score (nSPS) is 19.3. The summed E-state index contributed by atoms with van der Waals surface area (Å²) in [5.41, 5.74) is 3.53. The molecule has 1 saturated heterocycles. The first-order chi connectivity index (χ1) is 28.7. The molecule has 9 nitrogen and oxygen atoms in total. The molecule has 1 N–H and O–H groups in total. The molecule has 306 valence electrons. The van der Waals surface area contributed by atoms with Gasteiger partial charge in [0.15, 0.2) is 6.10 Å². The Morgan fingerprint density at radius 3 is 1.56 bits per heavy atom. The number of esters is 1. The molecule has 59 heavy (non-hydrogen) atoms. The summed E-state index contributed by atoms with van der Waals surface area (Å²) >= 11 is 0. The van der Waals surface area contributed by atoms with Crippen LogP contribution in [0.15, 0.2) is 146 Å². The number of carbonyl (C=O) groups excluding carboxylic acids is 1. The highest BCUT2D eigenvalue weighted by Gasteiger charge is 2.53. The fourth-order valence-electron chi connectivity index (χ4n) is 6.81. The lowest BCUT2D eigenvalue weighted by atomic mass is 9.97. The number of H-pyrrole nitrogens is 1. The average molecular weight is 807 g/mol. The van der Waals surface area contributed by atoms with Crippen LogP contribution in [-0.2, 0) is 73.9 Å². The Labute approximate surface area is 341 Å². The number of benzene rings is 5. The van der Waals surface area contributed by atoms with Gasteiger partial charge in [-0.2, -0.15) is 13.2 Å². The molecule has 6 aromatic rings. The van der Waals surface area contributed by atoms with Crippen molar-refractivity contribution in [1.82, 2.24) is 10.2 Å².